The molecule has 1 spiro atoms. The van der Waals surface area contributed by atoms with E-state index in [1.165, 1.54) is 26.0 Å². The third-order valence-corrected chi connectivity index (χ3v) is 11.5. The molecule has 1 N–H and O–H groups in total. The van der Waals surface area contributed by atoms with Crippen LogP contribution in [0.25, 0.3) is 0 Å². The van der Waals surface area contributed by atoms with Gasteiger partial charge < -0.3 is 43.0 Å². The fourth-order valence-corrected chi connectivity index (χ4v) is 9.83. The molecule has 5 fully saturated rings. The van der Waals surface area contributed by atoms with Crippen molar-refractivity contribution >= 4 is 41.8 Å². The number of benzene rings is 1. The Hall–Kier alpha value is -4.83. The van der Waals surface area contributed by atoms with Gasteiger partial charge in [-0.2, -0.15) is 0 Å². The van der Waals surface area contributed by atoms with Gasteiger partial charge in [0.2, 0.25) is 5.60 Å². The highest BCUT2D eigenvalue weighted by Crippen LogP contribution is 2.71. The van der Waals surface area contributed by atoms with Crippen LogP contribution in [-0.2, 0) is 66.7 Å². The van der Waals surface area contributed by atoms with Crippen LogP contribution in [0.3, 0.4) is 0 Å². The molecule has 5 aliphatic rings. The van der Waals surface area contributed by atoms with Crippen molar-refractivity contribution < 1.29 is 76.6 Å². The first-order valence-corrected chi connectivity index (χ1v) is 18.0. The minimum atomic E-state index is -2.35. The van der Waals surface area contributed by atoms with Gasteiger partial charge in [-0.15, -0.1) is 0 Å². The molecule has 0 amide bonds. The van der Waals surface area contributed by atoms with Crippen LogP contribution in [0.5, 0.6) is 0 Å². The lowest BCUT2D eigenvalue weighted by atomic mass is 9.52. The number of hydrogen-bond acceptors (Lipinski definition) is 16. The normalized spacial score (nSPS) is 38.3. The van der Waals surface area contributed by atoms with Gasteiger partial charge in [-0.25, -0.2) is 4.79 Å². The zero-order chi connectivity index (χ0) is 41.0. The molecule has 13 atom stereocenters. The van der Waals surface area contributed by atoms with Crippen LogP contribution in [-0.4, -0.2) is 106 Å². The second-order valence-corrected chi connectivity index (χ2v) is 15.1. The maximum atomic E-state index is 14.1. The van der Waals surface area contributed by atoms with E-state index in [0.29, 0.717) is 0 Å². The van der Waals surface area contributed by atoms with Gasteiger partial charge >= 0.3 is 41.8 Å². The van der Waals surface area contributed by atoms with Gasteiger partial charge in [-0.1, -0.05) is 38.6 Å². The van der Waals surface area contributed by atoms with E-state index in [9.17, 15) is 38.7 Å². The molecule has 16 nitrogen and oxygen atoms in total. The molecule has 0 aromatic heterocycles. The van der Waals surface area contributed by atoms with E-state index in [0.717, 1.165) is 41.5 Å². The summed E-state index contributed by atoms with van der Waals surface area (Å²) in [5.74, 6) is -11.1. The smallest absolute Gasteiger partial charge is 0.339 e. The third-order valence-electron chi connectivity index (χ3n) is 11.5. The number of hydrogen-bond donors (Lipinski definition) is 1. The van der Waals surface area contributed by atoms with Crippen molar-refractivity contribution in [1.82, 2.24) is 0 Å². The van der Waals surface area contributed by atoms with Crippen molar-refractivity contribution in [2.75, 3.05) is 6.61 Å². The summed E-state index contributed by atoms with van der Waals surface area (Å²) in [6.45, 7) is 14.6. The molecule has 13 unspecified atom stereocenters. The predicted molar refractivity (Wildman–Crippen MR) is 185 cm³/mol. The van der Waals surface area contributed by atoms with Crippen LogP contribution in [0.2, 0.25) is 0 Å². The van der Waals surface area contributed by atoms with E-state index < -0.39 is 125 Å². The second kappa shape index (κ2) is 14.7. The molecule has 1 aromatic rings. The molecule has 2 heterocycles. The Morgan fingerprint density at radius 2 is 1.24 bits per heavy atom. The van der Waals surface area contributed by atoms with Crippen molar-refractivity contribution in [3.8, 4) is 0 Å². The highest BCUT2D eigenvalue weighted by molar-refractivity contribution is 5.90. The number of esters is 7. The Morgan fingerprint density at radius 3 is 1.75 bits per heavy atom. The fraction of sp³-hybridized carbons (Fsp3) is 0.615. The minimum absolute atomic E-state index is 0.000123. The largest absolute Gasteiger partial charge is 0.462 e. The molecule has 2 saturated heterocycles. The van der Waals surface area contributed by atoms with Crippen molar-refractivity contribution in [2.45, 2.75) is 122 Å². The Kier molecular flexibility index (Phi) is 11.0. The van der Waals surface area contributed by atoms with Crippen LogP contribution >= 0.6 is 0 Å². The summed E-state index contributed by atoms with van der Waals surface area (Å²) >= 11 is 0. The van der Waals surface area contributed by atoms with E-state index in [1.54, 1.807) is 25.1 Å². The average molecular weight is 773 g/mol. The molecule has 2 bridgehead atoms. The summed E-state index contributed by atoms with van der Waals surface area (Å²) in [5.41, 5.74) is -8.71. The molecule has 300 valence electrons. The van der Waals surface area contributed by atoms with Gasteiger partial charge in [0.15, 0.2) is 29.5 Å². The number of rotatable bonds is 10. The molecular formula is C39H48O16. The summed E-state index contributed by atoms with van der Waals surface area (Å²) in [6.07, 6.45) is -8.19. The number of carbonyl (C=O) groups excluding carboxylic acids is 7. The molecule has 0 radical (unpaired) electrons. The topological polar surface area (TPSA) is 214 Å². The van der Waals surface area contributed by atoms with Crippen LogP contribution in [0.1, 0.15) is 79.1 Å². The van der Waals surface area contributed by atoms with Gasteiger partial charge in [0.1, 0.15) is 18.8 Å². The highest BCUT2D eigenvalue weighted by Gasteiger charge is 2.90. The molecule has 1 aromatic carbocycles. The lowest BCUT2D eigenvalue weighted by Crippen LogP contribution is -2.83. The summed E-state index contributed by atoms with van der Waals surface area (Å²) < 4.78 is 48.8. The molecular weight excluding hydrogens is 724 g/mol. The van der Waals surface area contributed by atoms with E-state index >= 15 is 0 Å². The highest BCUT2D eigenvalue weighted by atomic mass is 16.7. The van der Waals surface area contributed by atoms with Crippen molar-refractivity contribution in [1.29, 1.82) is 0 Å². The molecule has 16 heteroatoms. The maximum Gasteiger partial charge on any atom is 0.339 e. The third kappa shape index (κ3) is 6.46. The van der Waals surface area contributed by atoms with E-state index in [-0.39, 0.29) is 17.6 Å². The lowest BCUT2D eigenvalue weighted by Gasteiger charge is -2.62. The number of carbonyl (C=O) groups is 7. The molecule has 3 aliphatic carbocycles. The van der Waals surface area contributed by atoms with E-state index in [1.807, 2.05) is 0 Å². The lowest BCUT2D eigenvalue weighted by molar-refractivity contribution is -0.403. The van der Waals surface area contributed by atoms with E-state index in [2.05, 4.69) is 6.58 Å². The van der Waals surface area contributed by atoms with Crippen LogP contribution in [0.4, 0.5) is 0 Å². The van der Waals surface area contributed by atoms with Gasteiger partial charge in [0.05, 0.1) is 17.1 Å². The van der Waals surface area contributed by atoms with Crippen molar-refractivity contribution in [3.63, 3.8) is 0 Å². The van der Waals surface area contributed by atoms with Gasteiger partial charge in [0, 0.05) is 53.4 Å². The first-order valence-electron chi connectivity index (χ1n) is 18.0. The Morgan fingerprint density at radius 1 is 0.727 bits per heavy atom. The predicted octanol–water partition coefficient (Wildman–Crippen LogP) is 2.55. The fourth-order valence-electron chi connectivity index (χ4n) is 9.83. The molecule has 3 saturated carbocycles. The second-order valence-electron chi connectivity index (χ2n) is 15.1. The van der Waals surface area contributed by atoms with Crippen molar-refractivity contribution in [2.24, 2.45) is 23.7 Å². The van der Waals surface area contributed by atoms with E-state index in [4.69, 9.17) is 37.9 Å². The SMILES string of the molecule is C=C(C)C1(OC(=O)c2ccccc2)C(OC(C)=O)C(C)C2(O)C(C(OC(C)=O)C3(COC(C)=O)OC4(C(OC(C)=O)C(C)CC24)C3OC(C)=O)C1OC(C)=O. The van der Waals surface area contributed by atoms with Crippen molar-refractivity contribution in [3.05, 3.63) is 48.0 Å². The Labute approximate surface area is 318 Å². The monoisotopic (exact) mass is 772 g/mol. The van der Waals surface area contributed by atoms with Gasteiger partial charge in [-0.3, -0.25) is 28.8 Å². The summed E-state index contributed by atoms with van der Waals surface area (Å²) in [7, 11) is 0. The van der Waals surface area contributed by atoms with Gasteiger partial charge in [-0.05, 0) is 37.0 Å². The zero-order valence-corrected chi connectivity index (χ0v) is 32.3. The Bertz CT molecular complexity index is 1780. The Balaban J connectivity index is 1.94. The molecule has 6 rings (SSSR count). The first kappa shape index (κ1) is 41.3. The molecule has 2 aliphatic heterocycles. The maximum absolute atomic E-state index is 14.1. The first-order chi connectivity index (χ1) is 25.6. The minimum Gasteiger partial charge on any atom is -0.462 e. The standard InChI is InChI=1S/C39H48O16/c1-18(2)38(54-34(46)27-14-12-11-13-15-27)31(50-23(7)42)20(4)37(47)28-16-19(3)30(49-22(6)41)39(28)35(53-26(10)45)36(55-39,17-48-21(5)40)32(51-24(8)43)29(37)33(38)52-25(9)44/h11-15,19-20,28-33,35,47H,1,16-17H2,2-10H3. The van der Waals surface area contributed by atoms with Crippen LogP contribution < -0.4 is 0 Å². The average Bonchev–Trinajstić information content (AvgIpc) is 3.30. The summed E-state index contributed by atoms with van der Waals surface area (Å²) in [5, 5.41) is 13.8. The summed E-state index contributed by atoms with van der Waals surface area (Å²) in [4.78, 5) is 91.9. The van der Waals surface area contributed by atoms with Gasteiger partial charge in [0.25, 0.3) is 0 Å². The number of aliphatic hydroxyl groups is 1. The zero-order valence-electron chi connectivity index (χ0n) is 32.3. The summed E-state index contributed by atoms with van der Waals surface area (Å²) in [6, 6.07) is 7.76. The quantitative estimate of drug-likeness (QED) is 0.206. The molecule has 55 heavy (non-hydrogen) atoms. The number of ether oxygens (including phenoxy) is 8. The van der Waals surface area contributed by atoms with Crippen LogP contribution in [0.15, 0.2) is 42.5 Å². The van der Waals surface area contributed by atoms with Crippen LogP contribution in [0, 0.1) is 23.7 Å².